The summed E-state index contributed by atoms with van der Waals surface area (Å²) < 4.78 is 33.6. The van der Waals surface area contributed by atoms with Gasteiger partial charge in [-0.3, -0.25) is 19.2 Å². The quantitative estimate of drug-likeness (QED) is 0.0825. The Kier molecular flexibility index (Phi) is 15.7. The number of cyclic esters (lactones) is 1. The second-order valence-electron chi connectivity index (χ2n) is 18.4. The number of Topliss-reactive ketones (excluding diaryl/α,β-unsaturated/α-hetero) is 1. The molecule has 0 saturated carbocycles. The molecule has 13 atom stereocenters. The number of amides is 1. The number of aryl methyl sites for hydroxylation is 1. The van der Waals surface area contributed by atoms with Crippen LogP contribution in [0.25, 0.3) is 11.3 Å². The molecule has 6 N–H and O–H groups in total. The first-order valence-corrected chi connectivity index (χ1v) is 22.5. The van der Waals surface area contributed by atoms with E-state index in [1.807, 2.05) is 95.4 Å². The van der Waals surface area contributed by atoms with E-state index in [2.05, 4.69) is 22.6 Å². The standard InChI is InChI=1S/C47H69N7O9/c1-9-38-47(7)41(54(45(58)63-47)21-14-13-20-53-27-37(51-52-53)33-18-15-19-34(48)24-33)31(5)50-26-28(2)25-46(6,59-8)42(62-44-40(56)36(49)22-29(3)60-44)30(4)39(55)35(43(57)61-38)23-32-16-11-10-12-17-32/h10-12,15-19,24,27-31,35-36,38,40-42,44,50,56H,9,13-14,20-23,25-26,48-49H2,1-8H3/t28-,29-,30+,31-,35-,36?,38-,40?,41-,42-,44+,46-,47-/m1/s1. The van der Waals surface area contributed by atoms with E-state index in [1.165, 1.54) is 0 Å². The number of rotatable bonds is 12. The summed E-state index contributed by atoms with van der Waals surface area (Å²) in [6.45, 7) is 14.7. The number of hydrogen-bond acceptors (Lipinski definition) is 14. The van der Waals surface area contributed by atoms with Crippen molar-refractivity contribution in [1.29, 1.82) is 0 Å². The first-order chi connectivity index (χ1) is 30.0. The number of nitrogen functional groups attached to an aromatic ring is 1. The maximum atomic E-state index is 15.1. The molecule has 6 rings (SSSR count). The number of nitrogens with one attached hydrogen (secondary N) is 1. The second-order valence-corrected chi connectivity index (χ2v) is 18.4. The number of carbonyl (C=O) groups is 3. The molecule has 0 bridgehead atoms. The Morgan fingerprint density at radius 2 is 1.75 bits per heavy atom. The van der Waals surface area contributed by atoms with Crippen molar-refractivity contribution >= 4 is 23.5 Å². The minimum Gasteiger partial charge on any atom is -0.457 e. The normalized spacial score (nSPS) is 34.7. The SMILES string of the molecule is CC[C@H]1OC(=O)[C@H](Cc2ccccc2)C(=O)[C@H](C)[C@@H](O[C@@H]2O[C@H](C)CC(N)C2O)[C@](C)(OC)C[C@@H](C)CN[C@H](C)[C@H]2N(CCCCn3cc(-c4cccc(N)c4)nn3)C(=O)O[C@]12C. The Bertz CT molecular complexity index is 2000. The van der Waals surface area contributed by atoms with Crippen LogP contribution in [0.4, 0.5) is 10.5 Å². The zero-order chi connectivity index (χ0) is 45.6. The summed E-state index contributed by atoms with van der Waals surface area (Å²) in [4.78, 5) is 45.5. The average molecular weight is 876 g/mol. The number of esters is 1. The number of anilines is 1. The van der Waals surface area contributed by atoms with E-state index >= 15 is 4.79 Å². The number of benzene rings is 2. The molecule has 3 aliphatic heterocycles. The fourth-order valence-corrected chi connectivity index (χ4v) is 9.94. The van der Waals surface area contributed by atoms with Crippen LogP contribution in [0.5, 0.6) is 0 Å². The zero-order valence-corrected chi connectivity index (χ0v) is 38.1. The molecule has 0 radical (unpaired) electrons. The number of fused-ring (bicyclic) bond motifs is 1. The Balaban J connectivity index is 1.29. The van der Waals surface area contributed by atoms with E-state index in [-0.39, 0.29) is 24.5 Å². The molecule has 4 heterocycles. The fraction of sp³-hybridized carbons (Fsp3) is 0.638. The minimum absolute atomic E-state index is 0.0492. The number of aliphatic hydroxyl groups excluding tert-OH is 1. The van der Waals surface area contributed by atoms with Crippen LogP contribution in [0.1, 0.15) is 86.1 Å². The molecular formula is C47H69N7O9. The van der Waals surface area contributed by atoms with Gasteiger partial charge in [0.1, 0.15) is 23.8 Å². The van der Waals surface area contributed by atoms with Crippen molar-refractivity contribution in [1.82, 2.24) is 25.2 Å². The Morgan fingerprint density at radius 1 is 1.02 bits per heavy atom. The molecule has 3 aromatic rings. The number of methoxy groups -OCH3 is 1. The van der Waals surface area contributed by atoms with E-state index in [0.717, 1.165) is 16.8 Å². The highest BCUT2D eigenvalue weighted by atomic mass is 16.7. The topological polar surface area (TPSA) is 216 Å². The van der Waals surface area contributed by atoms with Crippen LogP contribution in [0.3, 0.4) is 0 Å². The molecule has 63 heavy (non-hydrogen) atoms. The lowest BCUT2D eigenvalue weighted by Crippen LogP contribution is -2.61. The van der Waals surface area contributed by atoms with E-state index in [4.69, 9.17) is 35.2 Å². The number of nitrogens with zero attached hydrogens (tertiary/aromatic N) is 4. The number of carbonyl (C=O) groups excluding carboxylic acids is 3. The lowest BCUT2D eigenvalue weighted by Gasteiger charge is -2.45. The van der Waals surface area contributed by atoms with Crippen molar-refractivity contribution in [2.24, 2.45) is 23.5 Å². The lowest BCUT2D eigenvalue weighted by atomic mass is 9.77. The Hall–Kier alpha value is -4.45. The number of aliphatic hydroxyl groups is 1. The molecule has 2 aromatic carbocycles. The lowest BCUT2D eigenvalue weighted by molar-refractivity contribution is -0.288. The van der Waals surface area contributed by atoms with Gasteiger partial charge in [0.05, 0.1) is 30.0 Å². The maximum Gasteiger partial charge on any atom is 0.410 e. The van der Waals surface area contributed by atoms with Crippen molar-refractivity contribution in [3.05, 3.63) is 66.4 Å². The monoisotopic (exact) mass is 876 g/mol. The third kappa shape index (κ3) is 10.9. The van der Waals surface area contributed by atoms with E-state index in [1.54, 1.807) is 23.6 Å². The summed E-state index contributed by atoms with van der Waals surface area (Å²) in [5.74, 6) is -3.38. The number of unbranched alkanes of at least 4 members (excludes halogenated alkanes) is 1. The van der Waals surface area contributed by atoms with Crippen LogP contribution >= 0.6 is 0 Å². The summed E-state index contributed by atoms with van der Waals surface area (Å²) >= 11 is 0. The van der Waals surface area contributed by atoms with Crippen molar-refractivity contribution in [3.63, 3.8) is 0 Å². The van der Waals surface area contributed by atoms with Gasteiger partial charge in [0, 0.05) is 49.5 Å². The Morgan fingerprint density at radius 3 is 2.44 bits per heavy atom. The first-order valence-electron chi connectivity index (χ1n) is 22.5. The van der Waals surface area contributed by atoms with Gasteiger partial charge in [-0.15, -0.1) is 5.10 Å². The highest BCUT2D eigenvalue weighted by molar-refractivity contribution is 6.00. The number of ether oxygens (including phenoxy) is 5. The molecule has 2 unspecified atom stereocenters. The van der Waals surface area contributed by atoms with E-state index in [0.29, 0.717) is 57.4 Å². The second kappa shape index (κ2) is 20.6. The minimum atomic E-state index is -1.28. The van der Waals surface area contributed by atoms with Crippen LogP contribution in [-0.4, -0.2) is 123 Å². The third-order valence-corrected chi connectivity index (χ3v) is 13.4. The molecule has 3 saturated heterocycles. The number of hydrogen-bond donors (Lipinski definition) is 4. The number of aromatic nitrogens is 3. The Labute approximate surface area is 371 Å². The molecule has 0 spiro atoms. The zero-order valence-electron chi connectivity index (χ0n) is 38.1. The summed E-state index contributed by atoms with van der Waals surface area (Å²) in [6.07, 6.45) is -0.511. The van der Waals surface area contributed by atoms with Crippen LogP contribution in [0.2, 0.25) is 0 Å². The van der Waals surface area contributed by atoms with Gasteiger partial charge in [-0.05, 0) is 96.4 Å². The summed E-state index contributed by atoms with van der Waals surface area (Å²) in [5, 5.41) is 23.5. The maximum absolute atomic E-state index is 15.1. The van der Waals surface area contributed by atoms with Crippen LogP contribution in [-0.2, 0) is 46.2 Å². The van der Waals surface area contributed by atoms with Crippen molar-refractivity contribution in [2.75, 3.05) is 25.9 Å². The molecule has 3 fully saturated rings. The first kappa shape index (κ1) is 48.0. The summed E-state index contributed by atoms with van der Waals surface area (Å²) in [5.41, 5.74) is 12.9. The van der Waals surface area contributed by atoms with Crippen molar-refractivity contribution in [2.45, 2.75) is 154 Å². The molecule has 1 aromatic heterocycles. The van der Waals surface area contributed by atoms with Crippen LogP contribution < -0.4 is 16.8 Å². The molecular weight excluding hydrogens is 807 g/mol. The van der Waals surface area contributed by atoms with Gasteiger partial charge >= 0.3 is 12.1 Å². The van der Waals surface area contributed by atoms with Crippen molar-refractivity contribution in [3.8, 4) is 11.3 Å². The van der Waals surface area contributed by atoms with Gasteiger partial charge in [0.15, 0.2) is 17.7 Å². The van der Waals surface area contributed by atoms with Gasteiger partial charge in [-0.1, -0.05) is 68.4 Å². The van der Waals surface area contributed by atoms with Crippen molar-refractivity contribution < 1.29 is 43.2 Å². The molecule has 3 aliphatic rings. The molecule has 1 amide bonds. The largest absolute Gasteiger partial charge is 0.457 e. The number of ketones is 1. The predicted octanol–water partition coefficient (Wildman–Crippen LogP) is 4.90. The van der Waals surface area contributed by atoms with Crippen LogP contribution in [0.15, 0.2) is 60.8 Å². The van der Waals surface area contributed by atoms with Crippen LogP contribution in [0, 0.1) is 17.8 Å². The van der Waals surface area contributed by atoms with Gasteiger partial charge in [0.2, 0.25) is 0 Å². The average Bonchev–Trinajstić information content (AvgIpc) is 3.84. The molecule has 346 valence electrons. The molecule has 16 heteroatoms. The predicted molar refractivity (Wildman–Crippen MR) is 237 cm³/mol. The molecule has 16 nitrogen and oxygen atoms in total. The smallest absolute Gasteiger partial charge is 0.410 e. The summed E-state index contributed by atoms with van der Waals surface area (Å²) in [7, 11) is 1.57. The highest BCUT2D eigenvalue weighted by Gasteiger charge is 2.59. The van der Waals surface area contributed by atoms with E-state index in [9.17, 15) is 14.7 Å². The van der Waals surface area contributed by atoms with E-state index < -0.39 is 77.6 Å². The third-order valence-electron chi connectivity index (χ3n) is 13.4. The van der Waals surface area contributed by atoms with Gasteiger partial charge < -0.3 is 45.6 Å². The van der Waals surface area contributed by atoms with Gasteiger partial charge in [-0.25, -0.2) is 4.79 Å². The summed E-state index contributed by atoms with van der Waals surface area (Å²) in [6, 6.07) is 15.3. The van der Waals surface area contributed by atoms with Gasteiger partial charge in [-0.2, -0.15) is 0 Å². The highest BCUT2D eigenvalue weighted by Crippen LogP contribution is 2.40. The number of nitrogens with two attached hydrogens (primary N) is 2. The van der Waals surface area contributed by atoms with Gasteiger partial charge in [0.25, 0.3) is 0 Å². The fourth-order valence-electron chi connectivity index (χ4n) is 9.94. The molecule has 0 aliphatic carbocycles.